The Labute approximate surface area is 187 Å². The molecular weight excluding hydrogens is 408 g/mol. The molecule has 0 saturated heterocycles. The monoisotopic (exact) mass is 434 g/mol. The van der Waals surface area contributed by atoms with Crippen LogP contribution in [0.5, 0.6) is 23.0 Å². The van der Waals surface area contributed by atoms with Crippen LogP contribution in [0.4, 0.5) is 0 Å². The van der Waals surface area contributed by atoms with Gasteiger partial charge in [0, 0.05) is 5.56 Å². The van der Waals surface area contributed by atoms with E-state index in [0.717, 1.165) is 11.3 Å². The number of methoxy groups -OCH3 is 2. The molecule has 0 aliphatic carbocycles. The second-order valence-electron chi connectivity index (χ2n) is 6.82. The van der Waals surface area contributed by atoms with Crippen molar-refractivity contribution in [3.8, 4) is 23.0 Å². The molecule has 3 aromatic carbocycles. The summed E-state index contributed by atoms with van der Waals surface area (Å²) >= 11 is 0. The van der Waals surface area contributed by atoms with Gasteiger partial charge in [-0.3, -0.25) is 4.79 Å². The molecule has 166 valence electrons. The average molecular weight is 434 g/mol. The highest BCUT2D eigenvalue weighted by molar-refractivity contribution is 5.87. The molecule has 0 bridgehead atoms. The van der Waals surface area contributed by atoms with Gasteiger partial charge in [0.2, 0.25) is 0 Å². The molecule has 3 rings (SSSR count). The molecule has 3 aromatic rings. The molecule has 0 fully saturated rings. The molecule has 1 atom stereocenters. The normalized spacial score (nSPS) is 11.6. The lowest BCUT2D eigenvalue weighted by molar-refractivity contribution is -0.127. The molecule has 0 aliphatic heterocycles. The van der Waals surface area contributed by atoms with Crippen LogP contribution in [0, 0.1) is 0 Å². The van der Waals surface area contributed by atoms with Gasteiger partial charge in [-0.2, -0.15) is 5.10 Å². The van der Waals surface area contributed by atoms with Gasteiger partial charge in [-0.25, -0.2) is 5.43 Å². The number of carbonyl (C=O) groups excluding carboxylic acids is 1. The lowest BCUT2D eigenvalue weighted by Crippen LogP contribution is -2.33. The Kier molecular flexibility index (Phi) is 8.09. The second kappa shape index (κ2) is 11.4. The largest absolute Gasteiger partial charge is 0.493 e. The van der Waals surface area contributed by atoms with Crippen LogP contribution in [0.15, 0.2) is 77.9 Å². The van der Waals surface area contributed by atoms with E-state index in [0.29, 0.717) is 29.4 Å². The quantitative estimate of drug-likeness (QED) is 0.382. The van der Waals surface area contributed by atoms with Crippen molar-refractivity contribution in [2.75, 3.05) is 14.2 Å². The predicted molar refractivity (Wildman–Crippen MR) is 123 cm³/mol. The molecular formula is C25H26N2O5. The number of benzene rings is 3. The minimum atomic E-state index is -0.740. The van der Waals surface area contributed by atoms with Gasteiger partial charge >= 0.3 is 0 Å². The van der Waals surface area contributed by atoms with Crippen LogP contribution in [0.25, 0.3) is 0 Å². The van der Waals surface area contributed by atoms with Crippen molar-refractivity contribution in [3.63, 3.8) is 0 Å². The maximum Gasteiger partial charge on any atom is 0.280 e. The fourth-order valence-electron chi connectivity index (χ4n) is 2.88. The van der Waals surface area contributed by atoms with Gasteiger partial charge in [0.1, 0.15) is 18.1 Å². The van der Waals surface area contributed by atoms with Crippen LogP contribution < -0.4 is 24.4 Å². The fraction of sp³-hybridized carbons (Fsp3) is 0.200. The van der Waals surface area contributed by atoms with Crippen molar-refractivity contribution in [3.05, 3.63) is 83.9 Å². The van der Waals surface area contributed by atoms with Crippen molar-refractivity contribution in [2.45, 2.75) is 19.6 Å². The Hall–Kier alpha value is -4.00. The number of ether oxygens (including phenoxy) is 4. The van der Waals surface area contributed by atoms with E-state index in [4.69, 9.17) is 18.9 Å². The number of amides is 1. The Morgan fingerprint density at radius 2 is 1.66 bits per heavy atom. The minimum Gasteiger partial charge on any atom is -0.493 e. The first kappa shape index (κ1) is 22.7. The third kappa shape index (κ3) is 6.25. The van der Waals surface area contributed by atoms with Crippen LogP contribution in [0.2, 0.25) is 0 Å². The van der Waals surface area contributed by atoms with Gasteiger partial charge in [0.15, 0.2) is 17.6 Å². The number of hydrogen-bond donors (Lipinski definition) is 1. The zero-order valence-electron chi connectivity index (χ0n) is 18.3. The Bertz CT molecular complexity index is 1040. The van der Waals surface area contributed by atoms with E-state index in [1.807, 2.05) is 36.4 Å². The summed E-state index contributed by atoms with van der Waals surface area (Å²) in [6.07, 6.45) is 0.751. The predicted octanol–water partition coefficient (Wildman–Crippen LogP) is 4.20. The number of carbonyl (C=O) groups is 1. The summed E-state index contributed by atoms with van der Waals surface area (Å²) < 4.78 is 22.0. The molecule has 0 radical (unpaired) electrons. The van der Waals surface area contributed by atoms with Crippen molar-refractivity contribution >= 4 is 12.1 Å². The summed E-state index contributed by atoms with van der Waals surface area (Å²) in [7, 11) is 3.10. The molecule has 32 heavy (non-hydrogen) atoms. The zero-order chi connectivity index (χ0) is 22.8. The number of para-hydroxylation sites is 1. The lowest BCUT2D eigenvalue weighted by Gasteiger charge is -2.14. The number of hydrogen-bond acceptors (Lipinski definition) is 6. The Morgan fingerprint density at radius 3 is 2.34 bits per heavy atom. The molecule has 0 aliphatic rings. The van der Waals surface area contributed by atoms with Gasteiger partial charge in [-0.05, 0) is 48.9 Å². The van der Waals surface area contributed by atoms with Gasteiger partial charge in [0.25, 0.3) is 5.91 Å². The third-order valence-electron chi connectivity index (χ3n) is 4.57. The average Bonchev–Trinajstić information content (AvgIpc) is 2.83. The SMILES string of the molecule is COc1cccc(/C=N\NC(=O)[C@@H](C)Oc2ccc(OCc3ccccc3)cc2)c1OC. The topological polar surface area (TPSA) is 78.4 Å². The van der Waals surface area contributed by atoms with Gasteiger partial charge in [-0.15, -0.1) is 0 Å². The summed E-state index contributed by atoms with van der Waals surface area (Å²) in [5, 5.41) is 4.00. The van der Waals surface area contributed by atoms with Crippen molar-refractivity contribution in [1.29, 1.82) is 0 Å². The number of nitrogens with zero attached hydrogens (tertiary/aromatic N) is 1. The van der Waals surface area contributed by atoms with E-state index in [1.54, 1.807) is 57.5 Å². The van der Waals surface area contributed by atoms with E-state index >= 15 is 0 Å². The van der Waals surface area contributed by atoms with Crippen molar-refractivity contribution < 1.29 is 23.7 Å². The molecule has 0 unspecified atom stereocenters. The number of nitrogens with one attached hydrogen (secondary N) is 1. The maximum absolute atomic E-state index is 12.3. The maximum atomic E-state index is 12.3. The standard InChI is InChI=1S/C25H26N2O5/c1-18(25(28)27-26-16-20-10-7-11-23(29-2)24(20)30-3)32-22-14-12-21(13-15-22)31-17-19-8-5-4-6-9-19/h4-16,18H,17H2,1-3H3,(H,27,28)/b26-16-/t18-/m1/s1. The highest BCUT2D eigenvalue weighted by Crippen LogP contribution is 2.29. The van der Waals surface area contributed by atoms with Gasteiger partial charge in [0.05, 0.1) is 20.4 Å². The first-order chi connectivity index (χ1) is 15.6. The highest BCUT2D eigenvalue weighted by atomic mass is 16.5. The van der Waals surface area contributed by atoms with Gasteiger partial charge in [-0.1, -0.05) is 36.4 Å². The van der Waals surface area contributed by atoms with E-state index in [2.05, 4.69) is 10.5 Å². The van der Waals surface area contributed by atoms with E-state index < -0.39 is 6.10 Å². The van der Waals surface area contributed by atoms with E-state index in [1.165, 1.54) is 6.21 Å². The molecule has 1 amide bonds. The molecule has 0 saturated carbocycles. The first-order valence-electron chi connectivity index (χ1n) is 10.1. The van der Waals surface area contributed by atoms with E-state index in [-0.39, 0.29) is 5.91 Å². The number of hydrazone groups is 1. The molecule has 0 spiro atoms. The first-order valence-corrected chi connectivity index (χ1v) is 10.1. The van der Waals surface area contributed by atoms with Crippen LogP contribution in [0.3, 0.4) is 0 Å². The molecule has 1 N–H and O–H groups in total. The lowest BCUT2D eigenvalue weighted by atomic mass is 10.2. The Balaban J connectivity index is 1.50. The van der Waals surface area contributed by atoms with Crippen LogP contribution in [-0.2, 0) is 11.4 Å². The summed E-state index contributed by atoms with van der Waals surface area (Å²) in [5.41, 5.74) is 4.24. The molecule has 0 heterocycles. The highest BCUT2D eigenvalue weighted by Gasteiger charge is 2.14. The summed E-state index contributed by atoms with van der Waals surface area (Å²) in [5.74, 6) is 2.00. The van der Waals surface area contributed by atoms with Crippen LogP contribution in [-0.4, -0.2) is 32.4 Å². The van der Waals surface area contributed by atoms with Gasteiger partial charge < -0.3 is 18.9 Å². The van der Waals surface area contributed by atoms with E-state index in [9.17, 15) is 4.79 Å². The third-order valence-corrected chi connectivity index (χ3v) is 4.57. The summed E-state index contributed by atoms with van der Waals surface area (Å²) in [6.45, 7) is 2.13. The summed E-state index contributed by atoms with van der Waals surface area (Å²) in [6, 6.07) is 22.4. The number of rotatable bonds is 10. The zero-order valence-corrected chi connectivity index (χ0v) is 18.3. The molecule has 7 heteroatoms. The van der Waals surface area contributed by atoms with Crippen LogP contribution in [0.1, 0.15) is 18.1 Å². The molecule has 0 aromatic heterocycles. The van der Waals surface area contributed by atoms with Crippen LogP contribution >= 0.6 is 0 Å². The van der Waals surface area contributed by atoms with Crippen molar-refractivity contribution in [2.24, 2.45) is 5.10 Å². The smallest absolute Gasteiger partial charge is 0.280 e. The minimum absolute atomic E-state index is 0.382. The fourth-order valence-corrected chi connectivity index (χ4v) is 2.88. The second-order valence-corrected chi connectivity index (χ2v) is 6.82. The molecule has 7 nitrogen and oxygen atoms in total. The van der Waals surface area contributed by atoms with Crippen molar-refractivity contribution in [1.82, 2.24) is 5.43 Å². The Morgan fingerprint density at radius 1 is 0.938 bits per heavy atom. The summed E-state index contributed by atoms with van der Waals surface area (Å²) in [4.78, 5) is 12.3.